The van der Waals surface area contributed by atoms with E-state index in [1.165, 1.54) is 22.7 Å². The molecular formula is C11H14N2O3S3. The van der Waals surface area contributed by atoms with Gasteiger partial charge in [-0.05, 0) is 24.8 Å². The number of aliphatic hydroxyl groups excluding tert-OH is 1. The van der Waals surface area contributed by atoms with Crippen molar-refractivity contribution in [2.45, 2.75) is 31.9 Å². The van der Waals surface area contributed by atoms with Crippen LogP contribution in [0, 0.1) is 13.8 Å². The highest BCUT2D eigenvalue weighted by molar-refractivity contribution is 7.89. The second kappa shape index (κ2) is 5.68. The van der Waals surface area contributed by atoms with E-state index in [0.29, 0.717) is 16.1 Å². The van der Waals surface area contributed by atoms with Crippen LogP contribution in [0.1, 0.15) is 21.1 Å². The van der Waals surface area contributed by atoms with Gasteiger partial charge in [-0.2, -0.15) is 0 Å². The summed E-state index contributed by atoms with van der Waals surface area (Å²) in [5.74, 6) is 0. The van der Waals surface area contributed by atoms with Crippen LogP contribution in [0.15, 0.2) is 15.7 Å². The van der Waals surface area contributed by atoms with Gasteiger partial charge in [0, 0.05) is 5.38 Å². The van der Waals surface area contributed by atoms with E-state index in [9.17, 15) is 13.5 Å². The third-order valence-electron chi connectivity index (χ3n) is 2.51. The van der Waals surface area contributed by atoms with Crippen LogP contribution in [0.4, 0.5) is 0 Å². The van der Waals surface area contributed by atoms with Gasteiger partial charge in [0.25, 0.3) is 0 Å². The van der Waals surface area contributed by atoms with Gasteiger partial charge in [0.15, 0.2) is 0 Å². The van der Waals surface area contributed by atoms with Gasteiger partial charge in [0.1, 0.15) is 4.90 Å². The molecule has 2 N–H and O–H groups in total. The van der Waals surface area contributed by atoms with Gasteiger partial charge in [0.2, 0.25) is 10.0 Å². The first-order chi connectivity index (χ1) is 8.94. The molecule has 0 saturated carbocycles. The molecule has 0 aliphatic rings. The molecule has 0 aliphatic heterocycles. The van der Waals surface area contributed by atoms with E-state index in [1.807, 2.05) is 12.3 Å². The smallest absolute Gasteiger partial charge is 0.242 e. The summed E-state index contributed by atoms with van der Waals surface area (Å²) in [5.41, 5.74) is 1.35. The van der Waals surface area contributed by atoms with Gasteiger partial charge >= 0.3 is 0 Å². The van der Waals surface area contributed by atoms with Crippen LogP contribution in [0.2, 0.25) is 0 Å². The lowest BCUT2D eigenvalue weighted by Gasteiger charge is -2.07. The third kappa shape index (κ3) is 3.21. The van der Waals surface area contributed by atoms with Crippen LogP contribution in [0.3, 0.4) is 0 Å². The number of rotatable bonds is 5. The molecule has 5 nitrogen and oxygen atoms in total. The molecule has 0 unspecified atom stereocenters. The number of thiophene rings is 1. The number of aromatic nitrogens is 1. The van der Waals surface area contributed by atoms with Crippen LogP contribution < -0.4 is 4.72 Å². The van der Waals surface area contributed by atoms with Crippen molar-refractivity contribution in [2.75, 3.05) is 0 Å². The van der Waals surface area contributed by atoms with Crippen molar-refractivity contribution in [1.82, 2.24) is 9.71 Å². The van der Waals surface area contributed by atoms with Gasteiger partial charge in [-0.3, -0.25) is 0 Å². The first kappa shape index (κ1) is 14.6. The minimum absolute atomic E-state index is 0.160. The molecule has 0 saturated heterocycles. The number of aliphatic hydroxyl groups is 1. The Hall–Kier alpha value is -0.800. The van der Waals surface area contributed by atoms with E-state index in [0.717, 1.165) is 5.01 Å². The number of hydrogen-bond acceptors (Lipinski definition) is 6. The van der Waals surface area contributed by atoms with Crippen LogP contribution in [-0.2, 0) is 23.2 Å². The van der Waals surface area contributed by atoms with Crippen molar-refractivity contribution in [3.05, 3.63) is 31.9 Å². The normalized spacial score (nSPS) is 11.9. The van der Waals surface area contributed by atoms with E-state index < -0.39 is 10.0 Å². The zero-order chi connectivity index (χ0) is 14.0. The molecule has 0 aliphatic carbocycles. The number of hydrogen-bond donors (Lipinski definition) is 2. The number of nitrogens with zero attached hydrogens (tertiary/aromatic N) is 1. The second-order valence-corrected chi connectivity index (χ2v) is 7.74. The predicted molar refractivity (Wildman–Crippen MR) is 75.9 cm³/mol. The zero-order valence-electron chi connectivity index (χ0n) is 10.5. The molecule has 2 aromatic heterocycles. The molecule has 0 aromatic carbocycles. The monoisotopic (exact) mass is 318 g/mol. The first-order valence-electron chi connectivity index (χ1n) is 5.52. The topological polar surface area (TPSA) is 79.3 Å². The maximum absolute atomic E-state index is 12.2. The lowest BCUT2D eigenvalue weighted by molar-refractivity contribution is 0.282. The van der Waals surface area contributed by atoms with Crippen molar-refractivity contribution in [3.8, 4) is 0 Å². The summed E-state index contributed by atoms with van der Waals surface area (Å²) in [5, 5.41) is 13.6. The molecule has 8 heteroatoms. The fraction of sp³-hybridized carbons (Fsp3) is 0.364. The van der Waals surface area contributed by atoms with E-state index in [1.54, 1.807) is 12.3 Å². The predicted octanol–water partition coefficient (Wildman–Crippen LogP) is 1.79. The Labute approximate surface area is 120 Å². The largest absolute Gasteiger partial charge is 0.391 e. The third-order valence-corrected chi connectivity index (χ3v) is 6.18. The highest BCUT2D eigenvalue weighted by Gasteiger charge is 2.22. The maximum atomic E-state index is 12.2. The zero-order valence-corrected chi connectivity index (χ0v) is 13.0. The van der Waals surface area contributed by atoms with Crippen molar-refractivity contribution >= 4 is 32.7 Å². The quantitative estimate of drug-likeness (QED) is 0.881. The molecule has 2 aromatic rings. The van der Waals surface area contributed by atoms with E-state index >= 15 is 0 Å². The molecule has 2 heterocycles. The van der Waals surface area contributed by atoms with Gasteiger partial charge in [-0.25, -0.2) is 18.1 Å². The summed E-state index contributed by atoms with van der Waals surface area (Å²) in [6.07, 6.45) is 0. The van der Waals surface area contributed by atoms with Crippen LogP contribution in [-0.4, -0.2) is 18.5 Å². The Morgan fingerprint density at radius 3 is 2.63 bits per heavy atom. The van der Waals surface area contributed by atoms with Crippen LogP contribution in [0.25, 0.3) is 0 Å². The summed E-state index contributed by atoms with van der Waals surface area (Å²) in [6, 6.07) is 0. The fourth-order valence-corrected chi connectivity index (χ4v) is 4.96. The molecule has 0 atom stereocenters. The van der Waals surface area contributed by atoms with Crippen molar-refractivity contribution in [2.24, 2.45) is 0 Å². The Balaban J connectivity index is 2.20. The van der Waals surface area contributed by atoms with Gasteiger partial charge in [-0.15, -0.1) is 22.7 Å². The fourth-order valence-electron chi connectivity index (χ4n) is 1.69. The van der Waals surface area contributed by atoms with Crippen molar-refractivity contribution in [3.63, 3.8) is 0 Å². The minimum atomic E-state index is -3.61. The second-order valence-electron chi connectivity index (χ2n) is 4.01. The summed E-state index contributed by atoms with van der Waals surface area (Å²) >= 11 is 2.73. The van der Waals surface area contributed by atoms with E-state index in [-0.39, 0.29) is 18.0 Å². The molecule has 0 bridgehead atoms. The Bertz CT molecular complexity index is 673. The summed E-state index contributed by atoms with van der Waals surface area (Å²) in [6.45, 7) is 3.48. The van der Waals surface area contributed by atoms with E-state index in [4.69, 9.17) is 0 Å². The lowest BCUT2D eigenvalue weighted by atomic mass is 10.3. The Morgan fingerprint density at radius 2 is 2.05 bits per heavy atom. The van der Waals surface area contributed by atoms with Crippen LogP contribution in [0.5, 0.6) is 0 Å². The van der Waals surface area contributed by atoms with Crippen LogP contribution >= 0.6 is 22.7 Å². The molecule has 0 radical (unpaired) electrons. The molecule has 104 valence electrons. The van der Waals surface area contributed by atoms with Gasteiger partial charge in [0.05, 0.1) is 28.7 Å². The molecule has 2 rings (SSSR count). The Kier molecular flexibility index (Phi) is 4.36. The molecule has 0 amide bonds. The number of sulfonamides is 1. The first-order valence-corrected chi connectivity index (χ1v) is 8.77. The average molecular weight is 318 g/mol. The highest BCUT2D eigenvalue weighted by atomic mass is 32.2. The number of nitrogens with one attached hydrogen (secondary N) is 1. The molecular weight excluding hydrogens is 304 g/mol. The van der Waals surface area contributed by atoms with Gasteiger partial charge in [-0.1, -0.05) is 0 Å². The summed E-state index contributed by atoms with van der Waals surface area (Å²) in [4.78, 5) is 4.85. The summed E-state index contributed by atoms with van der Waals surface area (Å²) < 4.78 is 27.0. The minimum Gasteiger partial charge on any atom is -0.391 e. The lowest BCUT2D eigenvalue weighted by Crippen LogP contribution is -2.24. The number of aryl methyl sites for hydroxylation is 2. The van der Waals surface area contributed by atoms with Gasteiger partial charge < -0.3 is 5.11 Å². The molecule has 0 spiro atoms. The summed E-state index contributed by atoms with van der Waals surface area (Å²) in [7, 11) is -3.61. The standard InChI is InChI=1S/C11H14N2O3S3/c1-7-5-18-10(4-14)11(7)19(15,16)12-3-9-6-17-8(2)13-9/h5-6,12,14H,3-4H2,1-2H3. The van der Waals surface area contributed by atoms with Crippen molar-refractivity contribution in [1.29, 1.82) is 0 Å². The van der Waals surface area contributed by atoms with E-state index in [2.05, 4.69) is 9.71 Å². The molecule has 0 fully saturated rings. The molecule has 19 heavy (non-hydrogen) atoms. The van der Waals surface area contributed by atoms with Crippen molar-refractivity contribution < 1.29 is 13.5 Å². The average Bonchev–Trinajstić information content (AvgIpc) is 2.93. The maximum Gasteiger partial charge on any atom is 0.242 e. The SMILES string of the molecule is Cc1nc(CNS(=O)(=O)c2c(C)csc2CO)cs1. The highest BCUT2D eigenvalue weighted by Crippen LogP contribution is 2.26. The number of thiazole rings is 1. The Morgan fingerprint density at radius 1 is 1.32 bits per heavy atom.